The van der Waals surface area contributed by atoms with Crippen LogP contribution in [0.3, 0.4) is 0 Å². The highest BCUT2D eigenvalue weighted by atomic mass is 127. The molecule has 2 aromatic rings. The molecule has 7 nitrogen and oxygen atoms in total. The third-order valence-electron chi connectivity index (χ3n) is 3.80. The summed E-state index contributed by atoms with van der Waals surface area (Å²) in [6, 6.07) is 7.93. The second kappa shape index (κ2) is 12.7. The maximum atomic E-state index is 12.1. The predicted molar refractivity (Wildman–Crippen MR) is 134 cm³/mol. The number of benzene rings is 1. The highest BCUT2D eigenvalue weighted by molar-refractivity contribution is 14.0. The average molecular weight is 545 g/mol. The number of carbonyl (C=O) groups is 1. The minimum absolute atomic E-state index is 0. The number of hydrogen-bond donors (Lipinski definition) is 3. The molecular formula is C21H32IN5O2S. The molecule has 0 aliphatic rings. The van der Waals surface area contributed by atoms with Crippen molar-refractivity contribution < 1.29 is 9.53 Å². The van der Waals surface area contributed by atoms with Gasteiger partial charge in [0.25, 0.3) is 5.91 Å². The van der Waals surface area contributed by atoms with E-state index < -0.39 is 0 Å². The molecule has 0 atom stereocenters. The number of ether oxygens (including phenoxy) is 1. The van der Waals surface area contributed by atoms with E-state index >= 15 is 0 Å². The largest absolute Gasteiger partial charge is 0.488 e. The van der Waals surface area contributed by atoms with Gasteiger partial charge in [-0.05, 0) is 40.7 Å². The lowest BCUT2D eigenvalue weighted by atomic mass is 10.1. The van der Waals surface area contributed by atoms with Crippen molar-refractivity contribution in [1.82, 2.24) is 20.9 Å². The molecule has 166 valence electrons. The highest BCUT2D eigenvalue weighted by Crippen LogP contribution is 2.23. The number of guanidine groups is 1. The van der Waals surface area contributed by atoms with Crippen molar-refractivity contribution in [2.45, 2.75) is 46.8 Å². The SMILES string of the molecule is CCNC(=NCc1ccccc1OC(C)(C)C)NCCNC(=O)c1scnc1C.I. The topological polar surface area (TPSA) is 87.6 Å². The molecule has 1 amide bonds. The zero-order valence-corrected chi connectivity index (χ0v) is 21.4. The molecule has 30 heavy (non-hydrogen) atoms. The van der Waals surface area contributed by atoms with Crippen LogP contribution in [0, 0.1) is 6.92 Å². The Balaban J connectivity index is 0.00000450. The molecule has 2 rings (SSSR count). The summed E-state index contributed by atoms with van der Waals surface area (Å²) >= 11 is 1.35. The van der Waals surface area contributed by atoms with Crippen LogP contribution in [0.25, 0.3) is 0 Å². The van der Waals surface area contributed by atoms with E-state index in [4.69, 9.17) is 4.74 Å². The number of para-hydroxylation sites is 1. The van der Waals surface area contributed by atoms with Gasteiger partial charge in [-0.15, -0.1) is 35.3 Å². The number of nitrogens with one attached hydrogen (secondary N) is 3. The molecule has 0 aliphatic carbocycles. The molecule has 1 aromatic heterocycles. The first-order chi connectivity index (χ1) is 13.8. The highest BCUT2D eigenvalue weighted by Gasteiger charge is 2.14. The summed E-state index contributed by atoms with van der Waals surface area (Å²) in [6.45, 7) is 12.2. The quantitative estimate of drug-likeness (QED) is 0.204. The van der Waals surface area contributed by atoms with Crippen LogP contribution in [0.1, 0.15) is 48.6 Å². The molecule has 0 saturated carbocycles. The van der Waals surface area contributed by atoms with E-state index in [1.165, 1.54) is 11.3 Å². The van der Waals surface area contributed by atoms with Crippen molar-refractivity contribution in [1.29, 1.82) is 0 Å². The molecule has 0 radical (unpaired) electrons. The Labute approximate surface area is 200 Å². The van der Waals surface area contributed by atoms with Gasteiger partial charge in [-0.25, -0.2) is 9.98 Å². The second-order valence-electron chi connectivity index (χ2n) is 7.47. The number of aromatic nitrogens is 1. The number of aryl methyl sites for hydroxylation is 1. The zero-order valence-electron chi connectivity index (χ0n) is 18.2. The summed E-state index contributed by atoms with van der Waals surface area (Å²) in [6.07, 6.45) is 0. The number of hydrogen-bond acceptors (Lipinski definition) is 5. The van der Waals surface area contributed by atoms with Gasteiger partial charge in [0.05, 0.1) is 17.7 Å². The number of thiazole rings is 1. The monoisotopic (exact) mass is 545 g/mol. The van der Waals surface area contributed by atoms with Crippen molar-refractivity contribution in [3.05, 3.63) is 45.9 Å². The van der Waals surface area contributed by atoms with Crippen molar-refractivity contribution in [3.8, 4) is 5.75 Å². The Bertz CT molecular complexity index is 833. The number of carbonyl (C=O) groups excluding carboxylic acids is 1. The Morgan fingerprint density at radius 1 is 1.17 bits per heavy atom. The summed E-state index contributed by atoms with van der Waals surface area (Å²) < 4.78 is 6.03. The Morgan fingerprint density at radius 3 is 2.50 bits per heavy atom. The van der Waals surface area contributed by atoms with Crippen LogP contribution < -0.4 is 20.7 Å². The van der Waals surface area contributed by atoms with Crippen LogP contribution >= 0.6 is 35.3 Å². The fraction of sp³-hybridized carbons (Fsp3) is 0.476. The molecule has 0 unspecified atom stereocenters. The van der Waals surface area contributed by atoms with Crippen molar-refractivity contribution >= 4 is 47.2 Å². The first-order valence-corrected chi connectivity index (χ1v) is 10.7. The molecule has 1 aromatic carbocycles. The fourth-order valence-corrected chi connectivity index (χ4v) is 3.25. The van der Waals surface area contributed by atoms with Crippen molar-refractivity contribution in [2.24, 2.45) is 4.99 Å². The van der Waals surface area contributed by atoms with Gasteiger partial charge in [0.1, 0.15) is 16.2 Å². The third-order valence-corrected chi connectivity index (χ3v) is 4.72. The molecule has 9 heteroatoms. The van der Waals surface area contributed by atoms with E-state index in [-0.39, 0.29) is 35.5 Å². The first-order valence-electron chi connectivity index (χ1n) is 9.77. The van der Waals surface area contributed by atoms with E-state index in [0.29, 0.717) is 30.5 Å². The summed E-state index contributed by atoms with van der Waals surface area (Å²) in [5.41, 5.74) is 3.19. The van der Waals surface area contributed by atoms with Crippen LogP contribution in [-0.4, -0.2) is 42.1 Å². The lowest BCUT2D eigenvalue weighted by Gasteiger charge is -2.23. The van der Waals surface area contributed by atoms with E-state index in [2.05, 4.69) is 25.9 Å². The third kappa shape index (κ3) is 8.86. The minimum atomic E-state index is -0.267. The van der Waals surface area contributed by atoms with E-state index in [1.807, 2.05) is 58.9 Å². The van der Waals surface area contributed by atoms with Crippen molar-refractivity contribution in [2.75, 3.05) is 19.6 Å². The molecule has 0 spiro atoms. The Kier molecular flexibility index (Phi) is 11.1. The number of halogens is 1. The van der Waals surface area contributed by atoms with E-state index in [9.17, 15) is 4.79 Å². The van der Waals surface area contributed by atoms with Gasteiger partial charge in [-0.1, -0.05) is 18.2 Å². The maximum absolute atomic E-state index is 12.1. The van der Waals surface area contributed by atoms with Gasteiger partial charge in [0.2, 0.25) is 0 Å². The van der Waals surface area contributed by atoms with Crippen LogP contribution in [0.15, 0.2) is 34.8 Å². The Morgan fingerprint density at radius 2 is 1.87 bits per heavy atom. The Hall–Kier alpha value is -1.88. The molecule has 0 fully saturated rings. The zero-order chi connectivity index (χ0) is 21.3. The number of amides is 1. The van der Waals surface area contributed by atoms with Crippen molar-refractivity contribution in [3.63, 3.8) is 0 Å². The lowest BCUT2D eigenvalue weighted by Crippen LogP contribution is -2.41. The van der Waals surface area contributed by atoms with Crippen LogP contribution in [0.5, 0.6) is 5.75 Å². The normalized spacial score (nSPS) is 11.4. The van der Waals surface area contributed by atoms with Crippen LogP contribution in [0.4, 0.5) is 0 Å². The number of rotatable bonds is 8. The van der Waals surface area contributed by atoms with E-state index in [0.717, 1.165) is 23.6 Å². The maximum Gasteiger partial charge on any atom is 0.263 e. The van der Waals surface area contributed by atoms with Gasteiger partial charge >= 0.3 is 0 Å². The fourth-order valence-electron chi connectivity index (χ4n) is 2.53. The average Bonchev–Trinajstić information content (AvgIpc) is 3.08. The summed E-state index contributed by atoms with van der Waals surface area (Å²) in [4.78, 5) is 21.5. The molecule has 0 bridgehead atoms. The van der Waals surface area contributed by atoms with Gasteiger partial charge < -0.3 is 20.7 Å². The standard InChI is InChI=1S/C21H31N5O2S.HI/c1-6-22-20(24-12-11-23-19(27)18-15(2)26-14-29-18)25-13-16-9-7-8-10-17(16)28-21(3,4)5;/h7-10,14H,6,11-13H2,1-5H3,(H,23,27)(H2,22,24,25);1H. The molecule has 0 aliphatic heterocycles. The van der Waals surface area contributed by atoms with Gasteiger partial charge in [0, 0.05) is 25.2 Å². The predicted octanol–water partition coefficient (Wildman–Crippen LogP) is 3.73. The molecule has 3 N–H and O–H groups in total. The summed E-state index contributed by atoms with van der Waals surface area (Å²) in [7, 11) is 0. The minimum Gasteiger partial charge on any atom is -0.488 e. The van der Waals surface area contributed by atoms with Crippen LogP contribution in [0.2, 0.25) is 0 Å². The second-order valence-corrected chi connectivity index (χ2v) is 8.32. The number of nitrogens with zero attached hydrogens (tertiary/aromatic N) is 2. The first kappa shape index (κ1) is 26.2. The summed E-state index contributed by atoms with van der Waals surface area (Å²) in [5, 5.41) is 9.37. The van der Waals surface area contributed by atoms with Crippen LogP contribution in [-0.2, 0) is 6.54 Å². The van der Waals surface area contributed by atoms with Gasteiger partial charge in [0.15, 0.2) is 5.96 Å². The molecule has 1 heterocycles. The van der Waals surface area contributed by atoms with Gasteiger partial charge in [-0.3, -0.25) is 4.79 Å². The summed E-state index contributed by atoms with van der Waals surface area (Å²) in [5.74, 6) is 1.44. The molecular weight excluding hydrogens is 513 g/mol. The number of aliphatic imine (C=N–C) groups is 1. The van der Waals surface area contributed by atoms with Gasteiger partial charge in [-0.2, -0.15) is 0 Å². The lowest BCUT2D eigenvalue weighted by molar-refractivity contribution is 0.0957. The van der Waals surface area contributed by atoms with E-state index in [1.54, 1.807) is 5.51 Å². The smallest absolute Gasteiger partial charge is 0.263 e. The molecule has 0 saturated heterocycles.